The summed E-state index contributed by atoms with van der Waals surface area (Å²) in [5, 5.41) is 18.6. The Labute approximate surface area is 135 Å². The van der Waals surface area contributed by atoms with Crippen molar-refractivity contribution in [1.82, 2.24) is 30.4 Å². The van der Waals surface area contributed by atoms with Gasteiger partial charge >= 0.3 is 6.03 Å². The van der Waals surface area contributed by atoms with Crippen molar-refractivity contribution >= 4 is 17.5 Å². The molecule has 1 unspecified atom stereocenters. The Morgan fingerprint density at radius 3 is 2.96 bits per heavy atom. The molecule has 1 aliphatic heterocycles. The van der Waals surface area contributed by atoms with E-state index in [-0.39, 0.29) is 18.1 Å². The van der Waals surface area contributed by atoms with Gasteiger partial charge in [-0.1, -0.05) is 0 Å². The maximum Gasteiger partial charge on any atom is 0.315 e. The van der Waals surface area contributed by atoms with E-state index in [1.165, 1.54) is 0 Å². The van der Waals surface area contributed by atoms with Crippen molar-refractivity contribution in [2.45, 2.75) is 45.7 Å². The van der Waals surface area contributed by atoms with Crippen molar-refractivity contribution in [2.24, 2.45) is 0 Å². The number of aromatic nitrogens is 4. The molecule has 2 amide bonds. The Balaban J connectivity index is 1.69. The van der Waals surface area contributed by atoms with E-state index in [0.717, 1.165) is 43.2 Å². The molecule has 2 aromatic rings. The van der Waals surface area contributed by atoms with Crippen molar-refractivity contribution < 1.29 is 4.79 Å². The molecule has 1 aliphatic rings. The van der Waals surface area contributed by atoms with Crippen LogP contribution in [0.3, 0.4) is 0 Å². The summed E-state index contributed by atoms with van der Waals surface area (Å²) in [6.45, 7) is 7.48. The second-order valence-electron chi connectivity index (χ2n) is 6.27. The Bertz CT molecular complexity index is 696. The second kappa shape index (κ2) is 6.39. The smallest absolute Gasteiger partial charge is 0.315 e. The van der Waals surface area contributed by atoms with Crippen LogP contribution >= 0.6 is 0 Å². The molecule has 1 saturated heterocycles. The fourth-order valence-electron chi connectivity index (χ4n) is 2.85. The van der Waals surface area contributed by atoms with Crippen molar-refractivity contribution in [3.63, 3.8) is 0 Å². The predicted octanol–water partition coefficient (Wildman–Crippen LogP) is 1.11. The first-order valence-electron chi connectivity index (χ1n) is 8.04. The van der Waals surface area contributed by atoms with Gasteiger partial charge in [0, 0.05) is 25.2 Å². The summed E-state index contributed by atoms with van der Waals surface area (Å²) in [5.74, 6) is 1.65. The van der Waals surface area contributed by atoms with Crippen LogP contribution in [-0.2, 0) is 0 Å². The number of nitrogens with one attached hydrogen (secondary N) is 2. The van der Waals surface area contributed by atoms with E-state index in [9.17, 15) is 4.79 Å². The zero-order valence-corrected chi connectivity index (χ0v) is 13.8. The van der Waals surface area contributed by atoms with Crippen molar-refractivity contribution in [1.29, 1.82) is 0 Å². The van der Waals surface area contributed by atoms with Gasteiger partial charge < -0.3 is 15.5 Å². The van der Waals surface area contributed by atoms with Gasteiger partial charge in [0.25, 0.3) is 0 Å². The van der Waals surface area contributed by atoms with Crippen molar-refractivity contribution in [2.75, 3.05) is 18.0 Å². The lowest BCUT2D eigenvalue weighted by molar-refractivity contribution is 0.232. The second-order valence-corrected chi connectivity index (χ2v) is 6.27. The van der Waals surface area contributed by atoms with Crippen LogP contribution in [0.1, 0.15) is 32.5 Å². The molecule has 0 aliphatic carbocycles. The minimum Gasteiger partial charge on any atom is -0.353 e. The fourth-order valence-corrected chi connectivity index (χ4v) is 2.85. The number of rotatable bonds is 3. The molecule has 0 radical (unpaired) electrons. The number of hydrogen-bond acceptors (Lipinski definition) is 5. The number of carbonyl (C=O) groups excluding carboxylic acids is 1. The maximum absolute atomic E-state index is 11.9. The highest BCUT2D eigenvalue weighted by Crippen LogP contribution is 2.18. The highest BCUT2D eigenvalue weighted by atomic mass is 16.2. The Hall–Kier alpha value is -2.38. The normalized spacial score (nSPS) is 18.4. The van der Waals surface area contributed by atoms with Crippen LogP contribution in [0, 0.1) is 6.92 Å². The molecule has 2 aromatic heterocycles. The molecule has 23 heavy (non-hydrogen) atoms. The molecule has 8 heteroatoms. The zero-order chi connectivity index (χ0) is 16.4. The topological polar surface area (TPSA) is 87.5 Å². The van der Waals surface area contributed by atoms with Gasteiger partial charge in [-0.15, -0.1) is 15.3 Å². The van der Waals surface area contributed by atoms with E-state index in [1.54, 1.807) is 4.52 Å². The molecule has 8 nitrogen and oxygen atoms in total. The highest BCUT2D eigenvalue weighted by Gasteiger charge is 2.23. The Morgan fingerprint density at radius 1 is 1.35 bits per heavy atom. The summed E-state index contributed by atoms with van der Waals surface area (Å²) < 4.78 is 1.75. The average molecular weight is 317 g/mol. The summed E-state index contributed by atoms with van der Waals surface area (Å²) >= 11 is 0. The molecule has 3 heterocycles. The molecule has 0 spiro atoms. The van der Waals surface area contributed by atoms with Crippen LogP contribution in [0.4, 0.5) is 10.6 Å². The minimum absolute atomic E-state index is 0.107. The maximum atomic E-state index is 11.9. The lowest BCUT2D eigenvalue weighted by atomic mass is 10.1. The molecule has 0 aromatic carbocycles. The van der Waals surface area contributed by atoms with E-state index >= 15 is 0 Å². The first kappa shape index (κ1) is 15.5. The third kappa shape index (κ3) is 3.52. The Kier molecular flexibility index (Phi) is 4.31. The molecule has 2 N–H and O–H groups in total. The molecular formula is C15H23N7O. The first-order chi connectivity index (χ1) is 11.0. The summed E-state index contributed by atoms with van der Waals surface area (Å²) in [5.41, 5.74) is 0.745. The van der Waals surface area contributed by atoms with E-state index < -0.39 is 0 Å². The number of carbonyl (C=O) groups is 1. The van der Waals surface area contributed by atoms with Crippen LogP contribution in [0.5, 0.6) is 0 Å². The number of urea groups is 1. The van der Waals surface area contributed by atoms with Gasteiger partial charge in [0.05, 0.1) is 0 Å². The number of hydrogen-bond donors (Lipinski definition) is 2. The molecular weight excluding hydrogens is 294 g/mol. The molecule has 0 bridgehead atoms. The van der Waals surface area contributed by atoms with E-state index in [4.69, 9.17) is 0 Å². The first-order valence-corrected chi connectivity index (χ1v) is 8.04. The monoisotopic (exact) mass is 317 g/mol. The van der Waals surface area contributed by atoms with Crippen LogP contribution in [0.25, 0.3) is 5.65 Å². The third-order valence-electron chi connectivity index (χ3n) is 3.91. The van der Waals surface area contributed by atoms with Gasteiger partial charge in [-0.3, -0.25) is 0 Å². The molecule has 124 valence electrons. The molecule has 0 saturated carbocycles. The van der Waals surface area contributed by atoms with Gasteiger partial charge in [0.2, 0.25) is 0 Å². The number of fused-ring (bicyclic) bond motifs is 1. The molecule has 3 rings (SSSR count). The SMILES string of the molecule is Cc1nnc2ccc(N3CCCC(NC(=O)NC(C)C)C3)nn12. The van der Waals surface area contributed by atoms with Crippen LogP contribution < -0.4 is 15.5 Å². The largest absolute Gasteiger partial charge is 0.353 e. The predicted molar refractivity (Wildman–Crippen MR) is 87.6 cm³/mol. The highest BCUT2D eigenvalue weighted by molar-refractivity contribution is 5.74. The summed E-state index contributed by atoms with van der Waals surface area (Å²) in [7, 11) is 0. The van der Waals surface area contributed by atoms with Gasteiger partial charge in [-0.05, 0) is 45.7 Å². The number of amides is 2. The van der Waals surface area contributed by atoms with Gasteiger partial charge in [-0.25, -0.2) is 4.79 Å². The number of anilines is 1. The zero-order valence-electron chi connectivity index (χ0n) is 13.8. The number of piperidine rings is 1. The number of nitrogens with zero attached hydrogens (tertiary/aromatic N) is 5. The Morgan fingerprint density at radius 2 is 2.17 bits per heavy atom. The average Bonchev–Trinajstić information content (AvgIpc) is 2.87. The quantitative estimate of drug-likeness (QED) is 0.885. The lowest BCUT2D eigenvalue weighted by Gasteiger charge is -2.34. The van der Waals surface area contributed by atoms with Crippen LogP contribution in [0.15, 0.2) is 12.1 Å². The van der Waals surface area contributed by atoms with Gasteiger partial charge in [0.15, 0.2) is 11.5 Å². The lowest BCUT2D eigenvalue weighted by Crippen LogP contribution is -2.51. The summed E-state index contributed by atoms with van der Waals surface area (Å²) in [6.07, 6.45) is 2.00. The molecule has 1 fully saturated rings. The number of aryl methyl sites for hydroxylation is 1. The summed E-state index contributed by atoms with van der Waals surface area (Å²) in [4.78, 5) is 14.1. The standard InChI is InChI=1S/C15H23N7O/c1-10(2)16-15(23)17-12-5-4-8-21(9-12)14-7-6-13-19-18-11(3)22(13)20-14/h6-7,10,12H,4-5,8-9H2,1-3H3,(H2,16,17,23). The summed E-state index contributed by atoms with van der Waals surface area (Å²) in [6, 6.07) is 4.03. The third-order valence-corrected chi connectivity index (χ3v) is 3.91. The van der Waals surface area contributed by atoms with E-state index in [0.29, 0.717) is 0 Å². The van der Waals surface area contributed by atoms with Crippen molar-refractivity contribution in [3.05, 3.63) is 18.0 Å². The van der Waals surface area contributed by atoms with Crippen LogP contribution in [-0.4, -0.2) is 51.0 Å². The van der Waals surface area contributed by atoms with Gasteiger partial charge in [0.1, 0.15) is 5.82 Å². The van der Waals surface area contributed by atoms with Gasteiger partial charge in [-0.2, -0.15) is 4.52 Å². The minimum atomic E-state index is -0.107. The van der Waals surface area contributed by atoms with Crippen LogP contribution in [0.2, 0.25) is 0 Å². The van der Waals surface area contributed by atoms with E-state index in [2.05, 4.69) is 30.8 Å². The fraction of sp³-hybridized carbons (Fsp3) is 0.600. The van der Waals surface area contributed by atoms with E-state index in [1.807, 2.05) is 32.9 Å². The van der Waals surface area contributed by atoms with Crippen molar-refractivity contribution in [3.8, 4) is 0 Å². The molecule has 1 atom stereocenters.